The number of anilines is 1. The number of ether oxygens (including phenoxy) is 1. The van der Waals surface area contributed by atoms with E-state index in [9.17, 15) is 23.2 Å². The van der Waals surface area contributed by atoms with Gasteiger partial charge in [0.25, 0.3) is 11.6 Å². The van der Waals surface area contributed by atoms with Crippen LogP contribution < -0.4 is 10.6 Å². The maximum Gasteiger partial charge on any atom is 0.339 e. The zero-order valence-corrected chi connectivity index (χ0v) is 19.2. The first-order chi connectivity index (χ1) is 17.2. The standard InChI is InChI=1S/C25H20F2N4O5/c1-13-3-5-15(6-4-13)20-10-17(23-14(2)31-36-24(23)30-20)25(34)35-12-22(33)28-11-21(32)29-16-7-8-18(26)19(27)9-16/h3-10H,11-12H2,1-2H3,(H,28,33)(H,29,32). The van der Waals surface area contributed by atoms with E-state index in [2.05, 4.69) is 20.8 Å². The fourth-order valence-corrected chi connectivity index (χ4v) is 3.35. The molecule has 0 spiro atoms. The van der Waals surface area contributed by atoms with Gasteiger partial charge in [0.1, 0.15) is 0 Å². The van der Waals surface area contributed by atoms with Gasteiger partial charge in [-0.15, -0.1) is 0 Å². The van der Waals surface area contributed by atoms with Crippen molar-refractivity contribution in [1.29, 1.82) is 0 Å². The number of nitrogens with zero attached hydrogens (tertiary/aromatic N) is 2. The van der Waals surface area contributed by atoms with Crippen LogP contribution in [-0.4, -0.2) is 41.1 Å². The molecule has 2 amide bonds. The van der Waals surface area contributed by atoms with E-state index in [-0.39, 0.29) is 17.0 Å². The summed E-state index contributed by atoms with van der Waals surface area (Å²) in [5, 5.41) is 8.82. The molecular formula is C25H20F2N4O5. The number of fused-ring (bicyclic) bond motifs is 1. The summed E-state index contributed by atoms with van der Waals surface area (Å²) in [6, 6.07) is 11.9. The molecule has 0 aliphatic rings. The number of hydrogen-bond donors (Lipinski definition) is 2. The predicted molar refractivity (Wildman–Crippen MR) is 125 cm³/mol. The highest BCUT2D eigenvalue weighted by molar-refractivity contribution is 6.05. The fourth-order valence-electron chi connectivity index (χ4n) is 3.35. The first kappa shape index (κ1) is 24.5. The molecule has 0 aliphatic heterocycles. The summed E-state index contributed by atoms with van der Waals surface area (Å²) in [5.41, 5.74) is 2.99. The van der Waals surface area contributed by atoms with Crippen LogP contribution in [0.3, 0.4) is 0 Å². The SMILES string of the molecule is Cc1ccc(-c2cc(C(=O)OCC(=O)NCC(=O)Nc3ccc(F)c(F)c3)c3c(C)noc3n2)cc1. The van der Waals surface area contributed by atoms with Gasteiger partial charge in [-0.3, -0.25) is 9.59 Å². The minimum Gasteiger partial charge on any atom is -0.452 e. The Kier molecular flexibility index (Phi) is 7.00. The summed E-state index contributed by atoms with van der Waals surface area (Å²) < 4.78 is 36.6. The van der Waals surface area contributed by atoms with Crippen molar-refractivity contribution in [2.45, 2.75) is 13.8 Å². The molecule has 0 atom stereocenters. The van der Waals surface area contributed by atoms with E-state index in [1.807, 2.05) is 31.2 Å². The third-order valence-electron chi connectivity index (χ3n) is 5.17. The number of nitrogens with one attached hydrogen (secondary N) is 2. The van der Waals surface area contributed by atoms with Crippen LogP contribution in [0.15, 0.2) is 53.1 Å². The summed E-state index contributed by atoms with van der Waals surface area (Å²) in [4.78, 5) is 41.3. The Labute approximate surface area is 203 Å². The molecule has 11 heteroatoms. The molecule has 0 aliphatic carbocycles. The molecule has 4 rings (SSSR count). The second kappa shape index (κ2) is 10.3. The normalized spacial score (nSPS) is 10.8. The van der Waals surface area contributed by atoms with Gasteiger partial charge in [-0.1, -0.05) is 35.0 Å². The number of benzene rings is 2. The van der Waals surface area contributed by atoms with E-state index in [0.717, 1.165) is 23.3 Å². The molecule has 0 radical (unpaired) electrons. The van der Waals surface area contributed by atoms with Gasteiger partial charge in [-0.05, 0) is 32.0 Å². The van der Waals surface area contributed by atoms with Crippen LogP contribution in [-0.2, 0) is 14.3 Å². The van der Waals surface area contributed by atoms with E-state index in [0.29, 0.717) is 16.8 Å². The molecule has 4 aromatic rings. The first-order valence-corrected chi connectivity index (χ1v) is 10.7. The van der Waals surface area contributed by atoms with Crippen molar-refractivity contribution in [3.05, 3.63) is 77.0 Å². The van der Waals surface area contributed by atoms with Crippen LogP contribution in [0.25, 0.3) is 22.4 Å². The number of amides is 2. The van der Waals surface area contributed by atoms with Crippen molar-refractivity contribution in [1.82, 2.24) is 15.5 Å². The predicted octanol–water partition coefficient (Wildman–Crippen LogP) is 3.70. The van der Waals surface area contributed by atoms with Crippen LogP contribution in [0.4, 0.5) is 14.5 Å². The van der Waals surface area contributed by atoms with E-state index >= 15 is 0 Å². The minimum atomic E-state index is -1.12. The van der Waals surface area contributed by atoms with Crippen LogP contribution in [0.5, 0.6) is 0 Å². The van der Waals surface area contributed by atoms with Crippen molar-refractivity contribution in [3.8, 4) is 11.3 Å². The maximum atomic E-state index is 13.2. The van der Waals surface area contributed by atoms with Crippen molar-refractivity contribution in [2.24, 2.45) is 0 Å². The number of carbonyl (C=O) groups is 3. The molecule has 0 fully saturated rings. The Balaban J connectivity index is 1.39. The lowest BCUT2D eigenvalue weighted by Crippen LogP contribution is -2.35. The smallest absolute Gasteiger partial charge is 0.339 e. The Bertz CT molecular complexity index is 1470. The highest BCUT2D eigenvalue weighted by Crippen LogP contribution is 2.27. The second-order valence-corrected chi connectivity index (χ2v) is 7.90. The van der Waals surface area contributed by atoms with Crippen molar-refractivity contribution in [3.63, 3.8) is 0 Å². The fraction of sp³-hybridized carbons (Fsp3) is 0.160. The molecule has 184 valence electrons. The van der Waals surface area contributed by atoms with Gasteiger partial charge in [0.2, 0.25) is 5.91 Å². The zero-order valence-electron chi connectivity index (χ0n) is 19.2. The topological polar surface area (TPSA) is 123 Å². The number of aryl methyl sites for hydroxylation is 2. The average molecular weight is 494 g/mol. The van der Waals surface area contributed by atoms with E-state index in [4.69, 9.17) is 9.26 Å². The van der Waals surface area contributed by atoms with E-state index < -0.39 is 42.6 Å². The number of rotatable bonds is 7. The molecule has 0 saturated heterocycles. The monoisotopic (exact) mass is 494 g/mol. The van der Waals surface area contributed by atoms with E-state index in [1.165, 1.54) is 12.1 Å². The Morgan fingerprint density at radius 2 is 1.72 bits per heavy atom. The average Bonchev–Trinajstić information content (AvgIpc) is 3.24. The van der Waals surface area contributed by atoms with Gasteiger partial charge in [0.15, 0.2) is 18.2 Å². The van der Waals surface area contributed by atoms with Crippen molar-refractivity contribution < 1.29 is 32.4 Å². The third kappa shape index (κ3) is 5.52. The lowest BCUT2D eigenvalue weighted by molar-refractivity contribution is -0.126. The maximum absolute atomic E-state index is 13.2. The van der Waals surface area contributed by atoms with Gasteiger partial charge in [0, 0.05) is 17.3 Å². The molecule has 9 nitrogen and oxygen atoms in total. The van der Waals surface area contributed by atoms with Crippen LogP contribution >= 0.6 is 0 Å². The summed E-state index contributed by atoms with van der Waals surface area (Å²) in [6.07, 6.45) is 0. The van der Waals surface area contributed by atoms with Gasteiger partial charge in [0.05, 0.1) is 28.9 Å². The number of pyridine rings is 1. The number of esters is 1. The summed E-state index contributed by atoms with van der Waals surface area (Å²) >= 11 is 0. The Hall–Kier alpha value is -4.67. The van der Waals surface area contributed by atoms with Gasteiger partial charge in [-0.2, -0.15) is 0 Å². The van der Waals surface area contributed by atoms with E-state index in [1.54, 1.807) is 6.92 Å². The lowest BCUT2D eigenvalue weighted by Gasteiger charge is -2.09. The zero-order chi connectivity index (χ0) is 25.8. The summed E-state index contributed by atoms with van der Waals surface area (Å²) in [6.45, 7) is 2.46. The van der Waals surface area contributed by atoms with Crippen LogP contribution in [0, 0.1) is 25.5 Å². The molecule has 2 heterocycles. The Morgan fingerprint density at radius 3 is 2.44 bits per heavy atom. The molecule has 36 heavy (non-hydrogen) atoms. The molecule has 0 saturated carbocycles. The number of carbonyl (C=O) groups excluding carboxylic acids is 3. The number of halogens is 2. The molecule has 2 N–H and O–H groups in total. The molecule has 2 aromatic heterocycles. The minimum absolute atomic E-state index is 0.0229. The summed E-state index contributed by atoms with van der Waals surface area (Å²) in [5.74, 6) is -4.40. The quantitative estimate of drug-likeness (QED) is 0.376. The first-order valence-electron chi connectivity index (χ1n) is 10.7. The highest BCUT2D eigenvalue weighted by Gasteiger charge is 2.21. The third-order valence-corrected chi connectivity index (χ3v) is 5.17. The molecule has 2 aromatic carbocycles. The second-order valence-electron chi connectivity index (χ2n) is 7.90. The molecule has 0 unspecified atom stereocenters. The number of hydrogen-bond acceptors (Lipinski definition) is 7. The van der Waals surface area contributed by atoms with Crippen LogP contribution in [0.2, 0.25) is 0 Å². The molecule has 0 bridgehead atoms. The largest absolute Gasteiger partial charge is 0.452 e. The number of aromatic nitrogens is 2. The van der Waals surface area contributed by atoms with Crippen molar-refractivity contribution in [2.75, 3.05) is 18.5 Å². The van der Waals surface area contributed by atoms with Gasteiger partial charge >= 0.3 is 5.97 Å². The van der Waals surface area contributed by atoms with Crippen molar-refractivity contribution >= 4 is 34.6 Å². The highest BCUT2D eigenvalue weighted by atomic mass is 19.2. The molecular weight excluding hydrogens is 474 g/mol. The van der Waals surface area contributed by atoms with Gasteiger partial charge in [-0.25, -0.2) is 18.6 Å². The lowest BCUT2D eigenvalue weighted by atomic mass is 10.0. The van der Waals surface area contributed by atoms with Gasteiger partial charge < -0.3 is 19.9 Å². The Morgan fingerprint density at radius 1 is 0.972 bits per heavy atom. The van der Waals surface area contributed by atoms with Crippen LogP contribution in [0.1, 0.15) is 21.6 Å². The summed E-state index contributed by atoms with van der Waals surface area (Å²) in [7, 11) is 0.